The van der Waals surface area contributed by atoms with E-state index in [1.165, 1.54) is 12.1 Å². The fraction of sp³-hybridized carbons (Fsp3) is 0.300. The number of hydrogen-bond donors (Lipinski definition) is 2. The summed E-state index contributed by atoms with van der Waals surface area (Å²) in [6, 6.07) is 11.7. The van der Waals surface area contributed by atoms with E-state index < -0.39 is 0 Å². The number of hydrogen-bond acceptors (Lipinski definition) is 2. The van der Waals surface area contributed by atoms with E-state index in [1.807, 2.05) is 13.0 Å². The minimum atomic E-state index is -0.287. The van der Waals surface area contributed by atoms with Gasteiger partial charge in [-0.15, -0.1) is 0 Å². The van der Waals surface area contributed by atoms with Crippen molar-refractivity contribution in [3.05, 3.63) is 65.0 Å². The van der Waals surface area contributed by atoms with Crippen LogP contribution in [0.2, 0.25) is 0 Å². The van der Waals surface area contributed by atoms with Gasteiger partial charge >= 0.3 is 0 Å². The average molecular weight is 340 g/mol. The van der Waals surface area contributed by atoms with Crippen LogP contribution < -0.4 is 10.6 Å². The molecule has 3 rings (SSSR count). The van der Waals surface area contributed by atoms with Gasteiger partial charge < -0.3 is 10.6 Å². The van der Waals surface area contributed by atoms with Crippen LogP contribution in [0.15, 0.2) is 42.5 Å². The zero-order valence-corrected chi connectivity index (χ0v) is 14.1. The molecule has 2 aromatic rings. The second kappa shape index (κ2) is 7.47. The van der Waals surface area contributed by atoms with Crippen LogP contribution in [-0.4, -0.2) is 17.9 Å². The molecular weight excluding hydrogens is 319 g/mol. The predicted octanol–water partition coefficient (Wildman–Crippen LogP) is 3.60. The van der Waals surface area contributed by atoms with Gasteiger partial charge in [0, 0.05) is 23.7 Å². The van der Waals surface area contributed by atoms with E-state index in [2.05, 4.69) is 10.6 Å². The van der Waals surface area contributed by atoms with Crippen molar-refractivity contribution in [3.8, 4) is 0 Å². The van der Waals surface area contributed by atoms with E-state index in [0.29, 0.717) is 30.1 Å². The van der Waals surface area contributed by atoms with E-state index in [9.17, 15) is 14.0 Å². The summed E-state index contributed by atoms with van der Waals surface area (Å²) < 4.78 is 12.9. The van der Waals surface area contributed by atoms with Gasteiger partial charge in [0.15, 0.2) is 0 Å². The summed E-state index contributed by atoms with van der Waals surface area (Å²) in [4.78, 5) is 24.3. The van der Waals surface area contributed by atoms with Crippen molar-refractivity contribution in [2.75, 3.05) is 5.32 Å². The highest BCUT2D eigenvalue weighted by atomic mass is 19.1. The monoisotopic (exact) mass is 340 g/mol. The summed E-state index contributed by atoms with van der Waals surface area (Å²) in [5.41, 5.74) is 3.00. The molecule has 0 aromatic heterocycles. The van der Waals surface area contributed by atoms with Crippen LogP contribution >= 0.6 is 0 Å². The van der Waals surface area contributed by atoms with Crippen molar-refractivity contribution in [1.29, 1.82) is 0 Å². The molecule has 1 fully saturated rings. The third-order valence-electron chi connectivity index (χ3n) is 4.24. The second-order valence-electron chi connectivity index (χ2n) is 6.45. The molecule has 2 aromatic carbocycles. The number of carbonyl (C=O) groups excluding carboxylic acids is 2. The van der Waals surface area contributed by atoms with Gasteiger partial charge in [-0.25, -0.2) is 4.39 Å². The van der Waals surface area contributed by atoms with Crippen LogP contribution in [0.5, 0.6) is 0 Å². The lowest BCUT2D eigenvalue weighted by Gasteiger charge is -2.11. The van der Waals surface area contributed by atoms with Crippen molar-refractivity contribution < 1.29 is 14.0 Å². The minimum absolute atomic E-state index is 0.107. The maximum absolute atomic E-state index is 12.9. The number of aryl methyl sites for hydroxylation is 2. The highest BCUT2D eigenvalue weighted by molar-refractivity contribution is 5.98. The summed E-state index contributed by atoms with van der Waals surface area (Å²) in [6.45, 7) is 1.89. The van der Waals surface area contributed by atoms with Gasteiger partial charge in [0.05, 0.1) is 0 Å². The van der Waals surface area contributed by atoms with E-state index >= 15 is 0 Å². The van der Waals surface area contributed by atoms with Gasteiger partial charge in [-0.05, 0) is 61.6 Å². The first-order valence-corrected chi connectivity index (χ1v) is 8.47. The summed E-state index contributed by atoms with van der Waals surface area (Å²) >= 11 is 0. The molecule has 0 spiro atoms. The van der Waals surface area contributed by atoms with Gasteiger partial charge in [0.1, 0.15) is 5.82 Å². The molecule has 1 saturated carbocycles. The van der Waals surface area contributed by atoms with Gasteiger partial charge in [-0.1, -0.05) is 18.2 Å². The average Bonchev–Trinajstić information content (AvgIpc) is 3.40. The molecule has 0 unspecified atom stereocenters. The van der Waals surface area contributed by atoms with Crippen molar-refractivity contribution >= 4 is 17.5 Å². The Hall–Kier alpha value is -2.69. The summed E-state index contributed by atoms with van der Waals surface area (Å²) in [5.74, 6) is -0.526. The Labute approximate surface area is 146 Å². The number of nitrogens with one attached hydrogen (secondary N) is 2. The third-order valence-corrected chi connectivity index (χ3v) is 4.24. The molecule has 0 atom stereocenters. The molecule has 0 aliphatic heterocycles. The maximum atomic E-state index is 12.9. The quantitative estimate of drug-likeness (QED) is 0.844. The Bertz CT molecular complexity index is 783. The Morgan fingerprint density at radius 2 is 1.84 bits per heavy atom. The van der Waals surface area contributed by atoms with Gasteiger partial charge in [0.2, 0.25) is 5.91 Å². The van der Waals surface area contributed by atoms with Crippen LogP contribution in [0.3, 0.4) is 0 Å². The Morgan fingerprint density at radius 3 is 2.52 bits per heavy atom. The molecule has 25 heavy (non-hydrogen) atoms. The normalized spacial score (nSPS) is 13.4. The van der Waals surface area contributed by atoms with Gasteiger partial charge in [0.25, 0.3) is 5.91 Å². The Balaban J connectivity index is 1.59. The molecule has 5 heteroatoms. The first-order valence-electron chi connectivity index (χ1n) is 8.47. The van der Waals surface area contributed by atoms with Crippen molar-refractivity contribution in [1.82, 2.24) is 5.32 Å². The Kier molecular flexibility index (Phi) is 5.12. The lowest BCUT2D eigenvalue weighted by molar-refractivity contribution is -0.116. The standard InChI is InChI=1S/C20H21FN2O2/c1-13-2-6-15(20(25)22-17-9-10-17)12-18(13)23-19(24)11-5-14-3-7-16(21)8-4-14/h2-4,6-8,12,17H,5,9-11H2,1H3,(H,22,25)(H,23,24). The van der Waals surface area contributed by atoms with Crippen molar-refractivity contribution in [2.45, 2.75) is 38.6 Å². The zero-order valence-electron chi connectivity index (χ0n) is 14.1. The van der Waals surface area contributed by atoms with Crippen LogP contribution in [0, 0.1) is 12.7 Å². The topological polar surface area (TPSA) is 58.2 Å². The number of halogens is 1. The first kappa shape index (κ1) is 17.1. The van der Waals surface area contributed by atoms with Crippen LogP contribution in [0.1, 0.15) is 40.7 Å². The van der Waals surface area contributed by atoms with Crippen LogP contribution in [0.25, 0.3) is 0 Å². The van der Waals surface area contributed by atoms with Crippen LogP contribution in [-0.2, 0) is 11.2 Å². The second-order valence-corrected chi connectivity index (χ2v) is 6.45. The summed E-state index contributed by atoms with van der Waals surface area (Å²) in [5, 5.41) is 5.80. The maximum Gasteiger partial charge on any atom is 0.251 e. The molecule has 0 radical (unpaired) electrons. The molecule has 0 saturated heterocycles. The number of carbonyl (C=O) groups is 2. The van der Waals surface area contributed by atoms with E-state index in [1.54, 1.807) is 24.3 Å². The summed E-state index contributed by atoms with van der Waals surface area (Å²) in [7, 11) is 0. The highest BCUT2D eigenvalue weighted by Crippen LogP contribution is 2.21. The Morgan fingerprint density at radius 1 is 1.12 bits per heavy atom. The lowest BCUT2D eigenvalue weighted by atomic mass is 10.1. The number of benzene rings is 2. The van der Waals surface area contributed by atoms with Crippen molar-refractivity contribution in [2.24, 2.45) is 0 Å². The molecule has 2 N–H and O–H groups in total. The smallest absolute Gasteiger partial charge is 0.251 e. The third kappa shape index (κ3) is 4.89. The SMILES string of the molecule is Cc1ccc(C(=O)NC2CC2)cc1NC(=O)CCc1ccc(F)cc1. The molecule has 0 heterocycles. The first-order chi connectivity index (χ1) is 12.0. The fourth-order valence-corrected chi connectivity index (χ4v) is 2.52. The highest BCUT2D eigenvalue weighted by Gasteiger charge is 2.24. The molecule has 1 aliphatic carbocycles. The fourth-order valence-electron chi connectivity index (χ4n) is 2.52. The zero-order chi connectivity index (χ0) is 17.8. The molecule has 2 amide bonds. The molecule has 0 bridgehead atoms. The predicted molar refractivity (Wildman–Crippen MR) is 95.0 cm³/mol. The molecular formula is C20H21FN2O2. The van der Waals surface area contributed by atoms with Gasteiger partial charge in [-0.2, -0.15) is 0 Å². The van der Waals surface area contributed by atoms with E-state index in [4.69, 9.17) is 0 Å². The molecule has 4 nitrogen and oxygen atoms in total. The minimum Gasteiger partial charge on any atom is -0.349 e. The lowest BCUT2D eigenvalue weighted by Crippen LogP contribution is -2.25. The largest absolute Gasteiger partial charge is 0.349 e. The molecule has 1 aliphatic rings. The number of amides is 2. The number of rotatable bonds is 6. The number of anilines is 1. The van der Waals surface area contributed by atoms with Crippen LogP contribution in [0.4, 0.5) is 10.1 Å². The molecule has 130 valence electrons. The van der Waals surface area contributed by atoms with E-state index in [-0.39, 0.29) is 17.6 Å². The summed E-state index contributed by atoms with van der Waals surface area (Å²) in [6.07, 6.45) is 2.89. The van der Waals surface area contributed by atoms with Crippen molar-refractivity contribution in [3.63, 3.8) is 0 Å². The van der Waals surface area contributed by atoms with Gasteiger partial charge in [-0.3, -0.25) is 9.59 Å². The van der Waals surface area contributed by atoms with E-state index in [0.717, 1.165) is 24.0 Å².